The van der Waals surface area contributed by atoms with Crippen LogP contribution in [0.2, 0.25) is 0 Å². The minimum Gasteiger partial charge on any atom is -0.370 e. The number of benzene rings is 1. The molecule has 2 heterocycles. The van der Waals surface area contributed by atoms with Gasteiger partial charge in [0.15, 0.2) is 17.5 Å². The highest BCUT2D eigenvalue weighted by Gasteiger charge is 2.19. The number of pyridine rings is 1. The van der Waals surface area contributed by atoms with Crippen LogP contribution in [0.25, 0.3) is 0 Å². The maximum Gasteiger partial charge on any atom is 0.257 e. The van der Waals surface area contributed by atoms with Gasteiger partial charge in [-0.3, -0.25) is 9.78 Å². The Morgan fingerprint density at radius 2 is 1.88 bits per heavy atom. The standard InChI is InChI=1S/C18H18F3N3O/c1-11-4-6-24(7-5-11)13-8-12(9-22-10-13)18(25)23-15-3-2-14(19)16(20)17(15)21/h2-3,8-11H,4-7H2,1H3,(H,23,25). The van der Waals surface area contributed by atoms with Crippen molar-refractivity contribution in [1.82, 2.24) is 4.98 Å². The Morgan fingerprint density at radius 3 is 2.60 bits per heavy atom. The number of halogens is 3. The number of hydrogen-bond donors (Lipinski definition) is 1. The molecule has 4 nitrogen and oxygen atoms in total. The van der Waals surface area contributed by atoms with E-state index in [0.717, 1.165) is 43.8 Å². The van der Waals surface area contributed by atoms with E-state index < -0.39 is 29.0 Å². The Labute approximate surface area is 143 Å². The minimum absolute atomic E-state index is 0.222. The smallest absolute Gasteiger partial charge is 0.257 e. The highest BCUT2D eigenvalue weighted by atomic mass is 19.2. The van der Waals surface area contributed by atoms with Gasteiger partial charge in [-0.1, -0.05) is 6.92 Å². The molecule has 2 aromatic rings. The molecule has 7 heteroatoms. The second kappa shape index (κ2) is 7.13. The molecule has 132 valence electrons. The summed E-state index contributed by atoms with van der Waals surface area (Å²) in [4.78, 5) is 18.5. The molecule has 0 aliphatic carbocycles. The van der Waals surface area contributed by atoms with Crippen molar-refractivity contribution in [1.29, 1.82) is 0 Å². The Bertz CT molecular complexity index is 789. The van der Waals surface area contributed by atoms with Crippen LogP contribution in [0.1, 0.15) is 30.1 Å². The predicted octanol–water partition coefficient (Wildman–Crippen LogP) is 3.99. The Hall–Kier alpha value is -2.57. The van der Waals surface area contributed by atoms with Crippen molar-refractivity contribution in [3.63, 3.8) is 0 Å². The lowest BCUT2D eigenvalue weighted by molar-refractivity contribution is 0.102. The van der Waals surface area contributed by atoms with Gasteiger partial charge in [-0.05, 0) is 37.0 Å². The highest BCUT2D eigenvalue weighted by Crippen LogP contribution is 2.24. The number of rotatable bonds is 3. The van der Waals surface area contributed by atoms with Crippen LogP contribution < -0.4 is 10.2 Å². The second-order valence-corrected chi connectivity index (χ2v) is 6.28. The zero-order valence-electron chi connectivity index (χ0n) is 13.7. The molecule has 1 aliphatic rings. The van der Waals surface area contributed by atoms with E-state index in [1.54, 1.807) is 12.3 Å². The van der Waals surface area contributed by atoms with Crippen LogP contribution in [-0.2, 0) is 0 Å². The van der Waals surface area contributed by atoms with Crippen LogP contribution in [0.3, 0.4) is 0 Å². The summed E-state index contributed by atoms with van der Waals surface area (Å²) in [5.74, 6) is -4.32. The van der Waals surface area contributed by atoms with Gasteiger partial charge in [0.2, 0.25) is 0 Å². The van der Waals surface area contributed by atoms with Crippen LogP contribution >= 0.6 is 0 Å². The molecule has 1 aromatic heterocycles. The number of nitrogens with one attached hydrogen (secondary N) is 1. The van der Waals surface area contributed by atoms with E-state index in [1.165, 1.54) is 6.20 Å². The fourth-order valence-electron chi connectivity index (χ4n) is 2.81. The largest absolute Gasteiger partial charge is 0.370 e. The Balaban J connectivity index is 1.77. The molecule has 1 aliphatic heterocycles. The van der Waals surface area contributed by atoms with Crippen molar-refractivity contribution in [3.05, 3.63) is 53.6 Å². The SMILES string of the molecule is CC1CCN(c2cncc(C(=O)Nc3ccc(F)c(F)c3F)c2)CC1. The van der Waals surface area contributed by atoms with E-state index in [2.05, 4.69) is 22.1 Å². The molecule has 1 aromatic carbocycles. The highest BCUT2D eigenvalue weighted by molar-refractivity contribution is 6.04. The first-order valence-corrected chi connectivity index (χ1v) is 8.10. The average molecular weight is 349 g/mol. The van der Waals surface area contributed by atoms with Gasteiger partial charge in [-0.15, -0.1) is 0 Å². The van der Waals surface area contributed by atoms with Crippen molar-refractivity contribution in [3.8, 4) is 0 Å². The van der Waals surface area contributed by atoms with E-state index in [9.17, 15) is 18.0 Å². The number of hydrogen-bond acceptors (Lipinski definition) is 3. The second-order valence-electron chi connectivity index (χ2n) is 6.28. The maximum absolute atomic E-state index is 13.7. The van der Waals surface area contributed by atoms with E-state index in [0.29, 0.717) is 5.92 Å². The number of aromatic nitrogens is 1. The monoisotopic (exact) mass is 349 g/mol. The lowest BCUT2D eigenvalue weighted by Gasteiger charge is -2.32. The van der Waals surface area contributed by atoms with E-state index in [4.69, 9.17) is 0 Å². The van der Waals surface area contributed by atoms with E-state index in [-0.39, 0.29) is 5.56 Å². The molecule has 0 bridgehead atoms. The zero-order valence-corrected chi connectivity index (χ0v) is 13.7. The van der Waals surface area contributed by atoms with Gasteiger partial charge in [-0.25, -0.2) is 13.2 Å². The van der Waals surface area contributed by atoms with Gasteiger partial charge in [0.1, 0.15) is 0 Å². The molecule has 0 saturated carbocycles. The number of carbonyl (C=O) groups is 1. The third-order valence-electron chi connectivity index (χ3n) is 4.42. The molecule has 0 atom stereocenters. The Kier molecular flexibility index (Phi) is 4.92. The molecule has 0 spiro atoms. The topological polar surface area (TPSA) is 45.2 Å². The first kappa shape index (κ1) is 17.3. The van der Waals surface area contributed by atoms with Crippen LogP contribution in [0.5, 0.6) is 0 Å². The van der Waals surface area contributed by atoms with Gasteiger partial charge in [0.25, 0.3) is 5.91 Å². The average Bonchev–Trinajstić information content (AvgIpc) is 2.63. The molecule has 1 saturated heterocycles. The third-order valence-corrected chi connectivity index (χ3v) is 4.42. The van der Waals surface area contributed by atoms with Crippen molar-refractivity contribution in [2.45, 2.75) is 19.8 Å². The van der Waals surface area contributed by atoms with Gasteiger partial charge >= 0.3 is 0 Å². The molecular weight excluding hydrogens is 331 g/mol. The summed E-state index contributed by atoms with van der Waals surface area (Å²) in [7, 11) is 0. The molecule has 1 fully saturated rings. The lowest BCUT2D eigenvalue weighted by Crippen LogP contribution is -2.33. The molecule has 25 heavy (non-hydrogen) atoms. The Morgan fingerprint density at radius 1 is 1.16 bits per heavy atom. The maximum atomic E-state index is 13.7. The fraction of sp³-hybridized carbons (Fsp3) is 0.333. The van der Waals surface area contributed by atoms with Crippen molar-refractivity contribution in [2.75, 3.05) is 23.3 Å². The number of carbonyl (C=O) groups excluding carboxylic acids is 1. The number of nitrogens with zero attached hydrogens (tertiary/aromatic N) is 2. The summed E-state index contributed by atoms with van der Waals surface area (Å²) < 4.78 is 39.9. The fourth-order valence-corrected chi connectivity index (χ4v) is 2.81. The van der Waals surface area contributed by atoms with Crippen molar-refractivity contribution >= 4 is 17.3 Å². The van der Waals surface area contributed by atoms with Gasteiger partial charge in [0.05, 0.1) is 23.1 Å². The number of amides is 1. The first-order chi connectivity index (χ1) is 12.0. The summed E-state index contributed by atoms with van der Waals surface area (Å²) >= 11 is 0. The zero-order chi connectivity index (χ0) is 18.0. The van der Waals surface area contributed by atoms with Gasteiger partial charge < -0.3 is 10.2 Å². The van der Waals surface area contributed by atoms with Gasteiger partial charge in [0, 0.05) is 19.3 Å². The normalized spacial score (nSPS) is 15.3. The van der Waals surface area contributed by atoms with Crippen LogP contribution in [0, 0.1) is 23.4 Å². The van der Waals surface area contributed by atoms with E-state index in [1.807, 2.05) is 0 Å². The minimum atomic E-state index is -1.62. The molecule has 1 N–H and O–H groups in total. The summed E-state index contributed by atoms with van der Waals surface area (Å²) in [5, 5.41) is 2.25. The number of piperidine rings is 1. The lowest BCUT2D eigenvalue weighted by atomic mass is 9.99. The van der Waals surface area contributed by atoms with E-state index >= 15 is 0 Å². The molecule has 1 amide bonds. The van der Waals surface area contributed by atoms with Crippen molar-refractivity contribution in [2.24, 2.45) is 5.92 Å². The van der Waals surface area contributed by atoms with Crippen molar-refractivity contribution < 1.29 is 18.0 Å². The predicted molar refractivity (Wildman–Crippen MR) is 89.1 cm³/mol. The summed E-state index contributed by atoms with van der Waals surface area (Å²) in [6, 6.07) is 3.41. The van der Waals surface area contributed by atoms with Crippen LogP contribution in [0.15, 0.2) is 30.6 Å². The quantitative estimate of drug-likeness (QED) is 0.853. The molecule has 3 rings (SSSR count). The summed E-state index contributed by atoms with van der Waals surface area (Å²) in [5.41, 5.74) is 0.617. The first-order valence-electron chi connectivity index (χ1n) is 8.10. The van der Waals surface area contributed by atoms with Crippen LogP contribution in [-0.4, -0.2) is 24.0 Å². The third kappa shape index (κ3) is 3.75. The summed E-state index contributed by atoms with van der Waals surface area (Å²) in [6.07, 6.45) is 5.15. The van der Waals surface area contributed by atoms with Gasteiger partial charge in [-0.2, -0.15) is 0 Å². The molecule has 0 unspecified atom stereocenters. The van der Waals surface area contributed by atoms with Crippen LogP contribution in [0.4, 0.5) is 24.5 Å². The molecule has 0 radical (unpaired) electrons. The molecular formula is C18H18F3N3O. The summed E-state index contributed by atoms with van der Waals surface area (Å²) in [6.45, 7) is 3.97. The number of anilines is 2.